The molecule has 0 atom stereocenters. The number of primary amides is 1. The number of halogens is 6. The third-order valence-electron chi connectivity index (χ3n) is 6.06. The maximum absolute atomic E-state index is 13.7. The fourth-order valence-corrected chi connectivity index (χ4v) is 5.66. The van der Waals surface area contributed by atoms with Gasteiger partial charge in [-0.1, -0.05) is 0 Å². The molecule has 0 saturated carbocycles. The lowest BCUT2D eigenvalue weighted by Gasteiger charge is -2.10. The molecule has 3 N–H and O–H groups in total. The molecule has 0 aliphatic heterocycles. The standard InChI is InChI=1S/C23H16BrF5N8O2S/c1-7-4-12(23(27,28)29)37-20(32-7)14(24)16(35-37)21(39)34-15-13-9(10-6-31-36(3)8(10)2)5-11(18(25)26)33-22(13)40-17(15)19(30)38/h4-6,18H,1-3H3,(H2,30,38)(H,34,39). The highest BCUT2D eigenvalue weighted by Gasteiger charge is 2.36. The van der Waals surface area contributed by atoms with Gasteiger partial charge in [0.15, 0.2) is 11.3 Å². The average Bonchev–Trinajstić information content (AvgIpc) is 3.51. The van der Waals surface area contributed by atoms with Crippen LogP contribution in [0.15, 0.2) is 22.8 Å². The summed E-state index contributed by atoms with van der Waals surface area (Å²) >= 11 is 3.79. The van der Waals surface area contributed by atoms with Crippen LogP contribution in [0.25, 0.3) is 27.0 Å². The Morgan fingerprint density at radius 2 is 1.85 bits per heavy atom. The van der Waals surface area contributed by atoms with Crippen molar-refractivity contribution in [2.45, 2.75) is 26.4 Å². The van der Waals surface area contributed by atoms with Gasteiger partial charge in [0, 0.05) is 29.4 Å². The molecule has 0 aliphatic rings. The fraction of sp³-hybridized carbons (Fsp3) is 0.217. The molecule has 0 aromatic carbocycles. The molecule has 40 heavy (non-hydrogen) atoms. The number of carbonyl (C=O) groups is 2. The summed E-state index contributed by atoms with van der Waals surface area (Å²) in [6.45, 7) is 3.05. The van der Waals surface area contributed by atoms with Gasteiger partial charge in [-0.25, -0.2) is 23.3 Å². The molecule has 0 radical (unpaired) electrons. The Morgan fingerprint density at radius 3 is 2.42 bits per heavy atom. The molecule has 208 valence electrons. The number of anilines is 1. The quantitative estimate of drug-likeness (QED) is 0.246. The number of aromatic nitrogens is 6. The summed E-state index contributed by atoms with van der Waals surface area (Å²) in [6.07, 6.45) is -6.33. The van der Waals surface area contributed by atoms with Gasteiger partial charge in [-0.3, -0.25) is 14.3 Å². The smallest absolute Gasteiger partial charge is 0.365 e. The summed E-state index contributed by atoms with van der Waals surface area (Å²) in [4.78, 5) is 33.6. The van der Waals surface area contributed by atoms with Gasteiger partial charge in [-0.05, 0) is 47.5 Å². The monoisotopic (exact) mass is 642 g/mol. The van der Waals surface area contributed by atoms with Crippen LogP contribution in [-0.2, 0) is 13.2 Å². The predicted molar refractivity (Wildman–Crippen MR) is 138 cm³/mol. The van der Waals surface area contributed by atoms with Crippen LogP contribution in [0, 0.1) is 13.8 Å². The van der Waals surface area contributed by atoms with Crippen LogP contribution in [0.2, 0.25) is 0 Å². The number of nitrogens with one attached hydrogen (secondary N) is 1. The third-order valence-corrected chi connectivity index (χ3v) is 7.89. The summed E-state index contributed by atoms with van der Waals surface area (Å²) in [5, 5.41) is 10.6. The van der Waals surface area contributed by atoms with E-state index in [9.17, 15) is 31.5 Å². The zero-order valence-electron chi connectivity index (χ0n) is 20.6. The SMILES string of the molecule is Cc1cc(C(F)(F)F)n2nc(C(=O)Nc3c(C(N)=O)sc4nc(C(F)F)cc(-c5cnn(C)c5C)c34)c(Br)c2n1. The van der Waals surface area contributed by atoms with Crippen LogP contribution in [-0.4, -0.2) is 41.2 Å². The van der Waals surface area contributed by atoms with Crippen molar-refractivity contribution in [2.24, 2.45) is 12.8 Å². The van der Waals surface area contributed by atoms with E-state index in [-0.39, 0.29) is 42.2 Å². The predicted octanol–water partition coefficient (Wildman–Crippen LogP) is 5.43. The van der Waals surface area contributed by atoms with E-state index in [4.69, 9.17) is 5.73 Å². The Hall–Kier alpha value is -3.99. The van der Waals surface area contributed by atoms with Crippen LogP contribution in [0.5, 0.6) is 0 Å². The van der Waals surface area contributed by atoms with Gasteiger partial charge in [0.05, 0.1) is 16.4 Å². The summed E-state index contributed by atoms with van der Waals surface area (Å²) in [5.41, 5.74) is 4.14. The first-order valence-corrected chi connectivity index (χ1v) is 12.8. The van der Waals surface area contributed by atoms with Crippen molar-refractivity contribution >= 4 is 60.6 Å². The summed E-state index contributed by atoms with van der Waals surface area (Å²) in [6, 6.07) is 1.90. The minimum atomic E-state index is -4.81. The van der Waals surface area contributed by atoms with Gasteiger partial charge in [0.25, 0.3) is 18.2 Å². The first-order valence-electron chi connectivity index (χ1n) is 11.2. The Morgan fingerprint density at radius 1 is 1.15 bits per heavy atom. The number of rotatable bonds is 5. The lowest BCUT2D eigenvalue weighted by atomic mass is 10.0. The van der Waals surface area contributed by atoms with E-state index in [1.807, 2.05) is 0 Å². The van der Waals surface area contributed by atoms with Crippen LogP contribution < -0.4 is 11.1 Å². The molecule has 5 rings (SSSR count). The Balaban J connectivity index is 1.73. The van der Waals surface area contributed by atoms with Crippen molar-refractivity contribution in [1.29, 1.82) is 0 Å². The average molecular weight is 643 g/mol. The number of alkyl halides is 5. The van der Waals surface area contributed by atoms with Crippen LogP contribution in [0.3, 0.4) is 0 Å². The fourth-order valence-electron chi connectivity index (χ4n) is 4.13. The highest BCUT2D eigenvalue weighted by atomic mass is 79.9. The maximum atomic E-state index is 13.7. The third kappa shape index (κ3) is 4.47. The van der Waals surface area contributed by atoms with Gasteiger partial charge in [0.2, 0.25) is 0 Å². The van der Waals surface area contributed by atoms with E-state index in [0.717, 1.165) is 12.1 Å². The van der Waals surface area contributed by atoms with Crippen LogP contribution in [0.1, 0.15) is 49.4 Å². The van der Waals surface area contributed by atoms with Crippen molar-refractivity contribution in [2.75, 3.05) is 5.32 Å². The zero-order valence-corrected chi connectivity index (χ0v) is 23.0. The molecular weight excluding hydrogens is 627 g/mol. The second kappa shape index (κ2) is 9.58. The lowest BCUT2D eigenvalue weighted by Crippen LogP contribution is -2.18. The molecule has 0 bridgehead atoms. The second-order valence-corrected chi connectivity index (χ2v) is 10.4. The highest BCUT2D eigenvalue weighted by molar-refractivity contribution is 9.10. The minimum absolute atomic E-state index is 0.0223. The Labute approximate surface area is 233 Å². The number of nitrogens with zero attached hydrogens (tertiary/aromatic N) is 6. The summed E-state index contributed by atoms with van der Waals surface area (Å²) in [5.74, 6) is -2.01. The number of hydrogen-bond donors (Lipinski definition) is 2. The molecular formula is C23H16BrF5N8O2S. The molecule has 0 unspecified atom stereocenters. The van der Waals surface area contributed by atoms with Crippen molar-refractivity contribution < 1.29 is 31.5 Å². The number of carbonyl (C=O) groups excluding carboxylic acids is 2. The van der Waals surface area contributed by atoms with Gasteiger partial charge >= 0.3 is 6.18 Å². The molecule has 5 aromatic rings. The highest BCUT2D eigenvalue weighted by Crippen LogP contribution is 2.43. The largest absolute Gasteiger partial charge is 0.433 e. The number of amides is 2. The summed E-state index contributed by atoms with van der Waals surface area (Å²) < 4.78 is 70.3. The van der Waals surface area contributed by atoms with Crippen molar-refractivity contribution in [3.8, 4) is 11.1 Å². The first kappa shape index (κ1) is 27.6. The second-order valence-electron chi connectivity index (χ2n) is 8.65. The van der Waals surface area contributed by atoms with E-state index in [0.29, 0.717) is 27.1 Å². The normalized spacial score (nSPS) is 12.2. The first-order chi connectivity index (χ1) is 18.7. The number of hydrogen-bond acceptors (Lipinski definition) is 7. The molecule has 2 amide bonds. The Kier molecular flexibility index (Phi) is 6.60. The van der Waals surface area contributed by atoms with Crippen LogP contribution >= 0.6 is 27.3 Å². The van der Waals surface area contributed by atoms with E-state index in [1.54, 1.807) is 14.0 Å². The zero-order chi connectivity index (χ0) is 29.3. The Bertz CT molecular complexity index is 1860. The lowest BCUT2D eigenvalue weighted by molar-refractivity contribution is -0.142. The van der Waals surface area contributed by atoms with E-state index < -0.39 is 41.5 Å². The van der Waals surface area contributed by atoms with Gasteiger partial charge in [0.1, 0.15) is 21.1 Å². The molecule has 5 heterocycles. The number of nitrogens with two attached hydrogens (primary N) is 1. The summed E-state index contributed by atoms with van der Waals surface area (Å²) in [7, 11) is 1.64. The number of fused-ring (bicyclic) bond motifs is 2. The van der Waals surface area contributed by atoms with Crippen LogP contribution in [0.4, 0.5) is 27.6 Å². The van der Waals surface area contributed by atoms with Crippen molar-refractivity contribution in [3.63, 3.8) is 0 Å². The number of pyridine rings is 1. The molecule has 17 heteroatoms. The molecule has 0 aliphatic carbocycles. The molecule has 0 spiro atoms. The number of aryl methyl sites for hydroxylation is 2. The van der Waals surface area contributed by atoms with Gasteiger partial charge < -0.3 is 11.1 Å². The van der Waals surface area contributed by atoms with E-state index in [2.05, 4.69) is 41.4 Å². The minimum Gasteiger partial charge on any atom is -0.365 e. The molecule has 0 fully saturated rings. The van der Waals surface area contributed by atoms with E-state index >= 15 is 0 Å². The van der Waals surface area contributed by atoms with Crippen molar-refractivity contribution in [3.05, 3.63) is 56.1 Å². The molecule has 0 saturated heterocycles. The van der Waals surface area contributed by atoms with E-state index in [1.165, 1.54) is 17.8 Å². The maximum Gasteiger partial charge on any atom is 0.433 e. The van der Waals surface area contributed by atoms with Gasteiger partial charge in [-0.2, -0.15) is 23.4 Å². The number of thiophene rings is 1. The molecule has 5 aromatic heterocycles. The van der Waals surface area contributed by atoms with Gasteiger partial charge in [-0.15, -0.1) is 11.3 Å². The topological polar surface area (TPSA) is 133 Å². The van der Waals surface area contributed by atoms with Crippen molar-refractivity contribution in [1.82, 2.24) is 29.4 Å². The molecule has 10 nitrogen and oxygen atoms in total.